The molecule has 0 amide bonds. The molecule has 1 atom stereocenters. The third kappa shape index (κ3) is 1.36. The number of carboxylic acid groups (broad SMARTS) is 1. The molecule has 0 aromatic carbocycles. The van der Waals surface area contributed by atoms with Gasteiger partial charge in [0.25, 0.3) is 0 Å². The van der Waals surface area contributed by atoms with Crippen molar-refractivity contribution in [2.45, 2.75) is 26.9 Å². The number of nitrogens with zero attached hydrogens (tertiary/aromatic N) is 2. The number of hydrogen-bond donors (Lipinski definition) is 1. The summed E-state index contributed by atoms with van der Waals surface area (Å²) >= 11 is 0. The van der Waals surface area contributed by atoms with E-state index in [9.17, 15) is 4.79 Å². The number of hydrogen-bond acceptors (Lipinski definition) is 3. The number of likely N-dealkylation sites (N-methyl/N-ethyl adjacent to an activating group) is 1. The van der Waals surface area contributed by atoms with E-state index in [1.54, 1.807) is 4.90 Å². The first-order valence-corrected chi connectivity index (χ1v) is 4.44. The van der Waals surface area contributed by atoms with Crippen LogP contribution >= 0.6 is 0 Å². The minimum atomic E-state index is -0.845. The van der Waals surface area contributed by atoms with Crippen LogP contribution in [0.2, 0.25) is 0 Å². The number of carboxylic acids is 1. The van der Waals surface area contributed by atoms with Gasteiger partial charge in [0.15, 0.2) is 0 Å². The van der Waals surface area contributed by atoms with E-state index in [2.05, 4.69) is 4.90 Å². The van der Waals surface area contributed by atoms with Crippen molar-refractivity contribution in [3.8, 4) is 0 Å². The number of carbonyl (C=O) groups is 1. The molecule has 0 spiro atoms. The van der Waals surface area contributed by atoms with E-state index in [1.165, 1.54) is 0 Å². The van der Waals surface area contributed by atoms with Crippen LogP contribution in [0.25, 0.3) is 0 Å². The second-order valence-corrected chi connectivity index (χ2v) is 3.27. The maximum atomic E-state index is 10.9. The lowest BCUT2D eigenvalue weighted by atomic mass is 10.3. The van der Waals surface area contributed by atoms with E-state index < -0.39 is 5.97 Å². The van der Waals surface area contributed by atoms with Gasteiger partial charge in [-0.25, -0.2) is 4.79 Å². The molecule has 1 rings (SSSR count). The molecule has 13 heavy (non-hydrogen) atoms. The summed E-state index contributed by atoms with van der Waals surface area (Å²) in [7, 11) is 1.81. The van der Waals surface area contributed by atoms with E-state index in [4.69, 9.17) is 5.11 Å². The van der Waals surface area contributed by atoms with Gasteiger partial charge >= 0.3 is 5.97 Å². The Kier molecular flexibility index (Phi) is 2.50. The number of rotatable bonds is 2. The number of aliphatic carboxylic acids is 1. The normalized spacial score (nSPS) is 22.9. The van der Waals surface area contributed by atoms with Gasteiger partial charge in [-0.3, -0.25) is 0 Å². The highest BCUT2D eigenvalue weighted by molar-refractivity contribution is 5.87. The molecule has 0 bridgehead atoms. The molecule has 74 valence electrons. The van der Waals surface area contributed by atoms with E-state index in [-0.39, 0.29) is 6.17 Å². The standard InChI is InChI=1S/C9H16N2O2/c1-5-11-6(2)8(9(12)13)10(4)7(11)3/h7H,5H2,1-4H3,(H,12,13). The molecule has 0 radical (unpaired) electrons. The van der Waals surface area contributed by atoms with Crippen LogP contribution in [-0.4, -0.2) is 40.6 Å². The summed E-state index contributed by atoms with van der Waals surface area (Å²) in [5.41, 5.74) is 1.26. The van der Waals surface area contributed by atoms with Crippen molar-refractivity contribution < 1.29 is 9.90 Å². The Bertz CT molecular complexity index is 260. The average Bonchev–Trinajstić information content (AvgIpc) is 2.24. The zero-order valence-electron chi connectivity index (χ0n) is 8.53. The molecule has 1 aliphatic rings. The van der Waals surface area contributed by atoms with Gasteiger partial charge in [-0.15, -0.1) is 0 Å². The predicted molar refractivity (Wildman–Crippen MR) is 49.9 cm³/mol. The van der Waals surface area contributed by atoms with Crippen molar-refractivity contribution in [1.29, 1.82) is 0 Å². The highest BCUT2D eigenvalue weighted by Crippen LogP contribution is 2.26. The second-order valence-electron chi connectivity index (χ2n) is 3.27. The van der Waals surface area contributed by atoms with Crippen LogP contribution in [0.15, 0.2) is 11.4 Å². The van der Waals surface area contributed by atoms with Crippen LogP contribution in [0.5, 0.6) is 0 Å². The lowest BCUT2D eigenvalue weighted by molar-refractivity contribution is -0.134. The van der Waals surface area contributed by atoms with E-state index >= 15 is 0 Å². The third-order valence-corrected chi connectivity index (χ3v) is 2.68. The summed E-state index contributed by atoms with van der Waals surface area (Å²) in [5.74, 6) is -0.845. The van der Waals surface area contributed by atoms with Gasteiger partial charge in [-0.2, -0.15) is 0 Å². The van der Waals surface area contributed by atoms with Crippen LogP contribution in [-0.2, 0) is 4.79 Å². The topological polar surface area (TPSA) is 43.8 Å². The second kappa shape index (κ2) is 3.28. The zero-order valence-corrected chi connectivity index (χ0v) is 8.53. The van der Waals surface area contributed by atoms with Gasteiger partial charge in [0.2, 0.25) is 0 Å². The summed E-state index contributed by atoms with van der Waals surface area (Å²) in [5, 5.41) is 8.96. The summed E-state index contributed by atoms with van der Waals surface area (Å²) in [6.45, 7) is 6.72. The number of allylic oxidation sites excluding steroid dienone is 1. The Morgan fingerprint density at radius 2 is 2.15 bits per heavy atom. The lowest BCUT2D eigenvalue weighted by Crippen LogP contribution is -2.36. The van der Waals surface area contributed by atoms with Crippen LogP contribution in [0.1, 0.15) is 20.8 Å². The Morgan fingerprint density at radius 3 is 2.38 bits per heavy atom. The minimum absolute atomic E-state index is 0.149. The van der Waals surface area contributed by atoms with Crippen LogP contribution in [0, 0.1) is 0 Å². The molecule has 0 saturated carbocycles. The van der Waals surface area contributed by atoms with Gasteiger partial charge in [-0.05, 0) is 20.8 Å². The molecule has 4 nitrogen and oxygen atoms in total. The molecule has 4 heteroatoms. The fraction of sp³-hybridized carbons (Fsp3) is 0.667. The van der Waals surface area contributed by atoms with Crippen LogP contribution < -0.4 is 0 Å². The van der Waals surface area contributed by atoms with Gasteiger partial charge in [0, 0.05) is 19.3 Å². The molecule has 1 unspecified atom stereocenters. The van der Waals surface area contributed by atoms with Crippen molar-refractivity contribution in [3.63, 3.8) is 0 Å². The molecule has 0 aromatic rings. The maximum absolute atomic E-state index is 10.9. The summed E-state index contributed by atoms with van der Waals surface area (Å²) in [6.07, 6.45) is 0.149. The largest absolute Gasteiger partial charge is 0.477 e. The Labute approximate surface area is 78.4 Å². The molecule has 0 saturated heterocycles. The molecule has 0 fully saturated rings. The monoisotopic (exact) mass is 184 g/mol. The fourth-order valence-electron chi connectivity index (χ4n) is 1.87. The van der Waals surface area contributed by atoms with Crippen molar-refractivity contribution >= 4 is 5.97 Å². The SMILES string of the molecule is CCN1C(C)=C(C(=O)O)N(C)C1C. The minimum Gasteiger partial charge on any atom is -0.477 e. The van der Waals surface area contributed by atoms with Gasteiger partial charge in [0.05, 0.1) is 6.17 Å². The summed E-state index contributed by atoms with van der Waals surface area (Å²) in [6, 6.07) is 0. The van der Waals surface area contributed by atoms with Gasteiger partial charge in [-0.1, -0.05) is 0 Å². The van der Waals surface area contributed by atoms with Crippen molar-refractivity contribution in [3.05, 3.63) is 11.4 Å². The Balaban J connectivity index is 3.04. The van der Waals surface area contributed by atoms with Crippen molar-refractivity contribution in [2.75, 3.05) is 13.6 Å². The van der Waals surface area contributed by atoms with Crippen molar-refractivity contribution in [2.24, 2.45) is 0 Å². The molecule has 0 aromatic heterocycles. The van der Waals surface area contributed by atoms with E-state index in [1.807, 2.05) is 27.8 Å². The van der Waals surface area contributed by atoms with Crippen LogP contribution in [0.3, 0.4) is 0 Å². The molecular formula is C9H16N2O2. The highest BCUT2D eigenvalue weighted by atomic mass is 16.4. The molecule has 1 aliphatic heterocycles. The first kappa shape index (κ1) is 9.89. The van der Waals surface area contributed by atoms with Crippen molar-refractivity contribution in [1.82, 2.24) is 9.80 Å². The fourth-order valence-corrected chi connectivity index (χ4v) is 1.87. The quantitative estimate of drug-likeness (QED) is 0.693. The average molecular weight is 184 g/mol. The first-order valence-electron chi connectivity index (χ1n) is 4.44. The smallest absolute Gasteiger partial charge is 0.354 e. The van der Waals surface area contributed by atoms with E-state index in [0.29, 0.717) is 5.70 Å². The molecule has 1 N–H and O–H groups in total. The molecule has 1 heterocycles. The zero-order chi connectivity index (χ0) is 10.2. The Morgan fingerprint density at radius 1 is 1.62 bits per heavy atom. The summed E-state index contributed by atoms with van der Waals surface area (Å²) in [4.78, 5) is 14.8. The molecule has 0 aliphatic carbocycles. The van der Waals surface area contributed by atoms with E-state index in [0.717, 1.165) is 12.2 Å². The lowest BCUT2D eigenvalue weighted by Gasteiger charge is -2.27. The maximum Gasteiger partial charge on any atom is 0.354 e. The Hall–Kier alpha value is -1.19. The first-order chi connectivity index (χ1) is 6.00. The van der Waals surface area contributed by atoms with Crippen LogP contribution in [0.4, 0.5) is 0 Å². The molecular weight excluding hydrogens is 168 g/mol. The highest BCUT2D eigenvalue weighted by Gasteiger charge is 2.33. The van der Waals surface area contributed by atoms with Gasteiger partial charge in [0.1, 0.15) is 5.70 Å². The summed E-state index contributed by atoms with van der Waals surface area (Å²) < 4.78 is 0. The predicted octanol–water partition coefficient (Wildman–Crippen LogP) is 0.916. The third-order valence-electron chi connectivity index (χ3n) is 2.68. The van der Waals surface area contributed by atoms with Gasteiger partial charge < -0.3 is 14.9 Å².